The van der Waals surface area contributed by atoms with E-state index >= 15 is 0 Å². The van der Waals surface area contributed by atoms with Crippen molar-refractivity contribution in [3.63, 3.8) is 0 Å². The summed E-state index contributed by atoms with van der Waals surface area (Å²) in [6, 6.07) is 3.68. The summed E-state index contributed by atoms with van der Waals surface area (Å²) in [4.78, 5) is 0. The molecule has 2 aliphatic rings. The molecule has 156 valence electrons. The lowest BCUT2D eigenvalue weighted by Gasteiger charge is -2.35. The van der Waals surface area contributed by atoms with Crippen molar-refractivity contribution in [3.8, 4) is 5.75 Å². The molecule has 1 aromatic rings. The van der Waals surface area contributed by atoms with Crippen LogP contribution in [0.5, 0.6) is 5.75 Å². The van der Waals surface area contributed by atoms with Crippen molar-refractivity contribution in [2.24, 2.45) is 17.8 Å². The van der Waals surface area contributed by atoms with Crippen LogP contribution in [-0.4, -0.2) is 6.61 Å². The maximum atomic E-state index is 14.6. The highest BCUT2D eigenvalue weighted by molar-refractivity contribution is 6.32. The molecule has 1 aromatic carbocycles. The first kappa shape index (κ1) is 21.7. The Morgan fingerprint density at radius 2 is 1.82 bits per heavy atom. The fourth-order valence-corrected chi connectivity index (χ4v) is 5.38. The summed E-state index contributed by atoms with van der Waals surface area (Å²) in [6.45, 7) is 4.93. The van der Waals surface area contributed by atoms with Gasteiger partial charge in [0.2, 0.25) is 0 Å². The molecule has 1 unspecified atom stereocenters. The van der Waals surface area contributed by atoms with Crippen molar-refractivity contribution >= 4 is 17.2 Å². The highest BCUT2D eigenvalue weighted by Gasteiger charge is 2.29. The number of ether oxygens (including phenoxy) is 1. The van der Waals surface area contributed by atoms with E-state index in [0.717, 1.165) is 49.0 Å². The molecule has 3 rings (SSSR count). The lowest BCUT2D eigenvalue weighted by Crippen LogP contribution is -2.23. The molecule has 1 nitrogen and oxygen atoms in total. The minimum absolute atomic E-state index is 0.221. The van der Waals surface area contributed by atoms with Gasteiger partial charge in [0.15, 0.2) is 11.6 Å². The first-order chi connectivity index (χ1) is 13.6. The molecule has 0 spiro atoms. The fourth-order valence-electron chi connectivity index (χ4n) is 5.10. The third kappa shape index (κ3) is 5.32. The van der Waals surface area contributed by atoms with Gasteiger partial charge in [-0.2, -0.15) is 0 Å². The molecule has 3 heteroatoms. The van der Waals surface area contributed by atoms with Crippen molar-refractivity contribution in [3.05, 3.63) is 34.6 Å². The smallest absolute Gasteiger partial charge is 0.184 e. The van der Waals surface area contributed by atoms with E-state index in [9.17, 15) is 4.39 Å². The van der Waals surface area contributed by atoms with Gasteiger partial charge in [0.1, 0.15) is 0 Å². The van der Waals surface area contributed by atoms with Crippen LogP contribution in [0.15, 0.2) is 18.2 Å². The van der Waals surface area contributed by atoms with Crippen molar-refractivity contribution < 1.29 is 9.13 Å². The summed E-state index contributed by atoms with van der Waals surface area (Å²) < 4.78 is 20.2. The van der Waals surface area contributed by atoms with Crippen molar-refractivity contribution in [2.45, 2.75) is 84.5 Å². The van der Waals surface area contributed by atoms with Gasteiger partial charge in [-0.05, 0) is 79.5 Å². The van der Waals surface area contributed by atoms with E-state index in [4.69, 9.17) is 16.3 Å². The molecule has 0 radical (unpaired) electrons. The second-order valence-electron chi connectivity index (χ2n) is 8.77. The van der Waals surface area contributed by atoms with E-state index in [1.165, 1.54) is 50.5 Å². The van der Waals surface area contributed by atoms with Crippen LogP contribution < -0.4 is 4.74 Å². The van der Waals surface area contributed by atoms with Crippen LogP contribution in [0.4, 0.5) is 4.39 Å². The van der Waals surface area contributed by atoms with Gasteiger partial charge in [-0.15, -0.1) is 0 Å². The Morgan fingerprint density at radius 1 is 1.04 bits per heavy atom. The predicted octanol–water partition coefficient (Wildman–Crippen LogP) is 8.45. The molecule has 28 heavy (non-hydrogen) atoms. The van der Waals surface area contributed by atoms with E-state index < -0.39 is 5.82 Å². The van der Waals surface area contributed by atoms with Crippen LogP contribution in [0.3, 0.4) is 0 Å². The van der Waals surface area contributed by atoms with Gasteiger partial charge < -0.3 is 4.74 Å². The number of allylic oxidation sites excluding steroid dienone is 2. The second kappa shape index (κ2) is 10.7. The van der Waals surface area contributed by atoms with E-state index in [1.54, 1.807) is 6.07 Å². The molecule has 0 aromatic heterocycles. The van der Waals surface area contributed by atoms with E-state index in [2.05, 4.69) is 19.9 Å². The molecule has 0 N–H and O–H groups in total. The summed E-state index contributed by atoms with van der Waals surface area (Å²) in [7, 11) is 0. The summed E-state index contributed by atoms with van der Waals surface area (Å²) in [6.07, 6.45) is 16.0. The van der Waals surface area contributed by atoms with Gasteiger partial charge in [0.05, 0.1) is 11.6 Å². The predicted molar refractivity (Wildman–Crippen MR) is 117 cm³/mol. The van der Waals surface area contributed by atoms with Gasteiger partial charge in [-0.25, -0.2) is 4.39 Å². The van der Waals surface area contributed by atoms with Gasteiger partial charge in [-0.1, -0.05) is 63.6 Å². The van der Waals surface area contributed by atoms with Gasteiger partial charge in [0, 0.05) is 0 Å². The molecule has 1 saturated carbocycles. The molecular weight excluding hydrogens is 371 g/mol. The molecule has 0 heterocycles. The minimum Gasteiger partial charge on any atom is -0.490 e. The van der Waals surface area contributed by atoms with Crippen LogP contribution >= 0.6 is 11.6 Å². The normalized spacial score (nSPS) is 25.4. The maximum Gasteiger partial charge on any atom is 0.184 e. The van der Waals surface area contributed by atoms with Crippen molar-refractivity contribution in [1.82, 2.24) is 0 Å². The molecule has 0 aliphatic heterocycles. The zero-order chi connectivity index (χ0) is 19.9. The van der Waals surface area contributed by atoms with Crippen molar-refractivity contribution in [1.29, 1.82) is 0 Å². The highest BCUT2D eigenvalue weighted by Crippen LogP contribution is 2.43. The summed E-state index contributed by atoms with van der Waals surface area (Å²) in [5, 5.41) is 0.221. The molecule has 0 saturated heterocycles. The SMILES string of the molecule is CCCCOc1ccc(C2=CCC(C3CCC(CCC)CC3)CC2)c(Cl)c1F. The minimum atomic E-state index is -0.410. The lowest BCUT2D eigenvalue weighted by molar-refractivity contribution is 0.189. The number of unbranched alkanes of at least 4 members (excludes halogenated alkanes) is 1. The first-order valence-corrected chi connectivity index (χ1v) is 11.8. The van der Waals surface area contributed by atoms with E-state index in [0.29, 0.717) is 6.61 Å². The standard InChI is InChI=1S/C25H36ClFO/c1-3-5-17-28-23-16-15-22(24(26)25(23)27)21-13-11-20(12-14-21)19-9-7-18(6-4-2)8-10-19/h13,15-16,18-20H,3-12,14,17H2,1-2H3. The number of rotatable bonds is 8. The Morgan fingerprint density at radius 3 is 2.46 bits per heavy atom. The molecule has 2 aliphatic carbocycles. The van der Waals surface area contributed by atoms with Gasteiger partial charge >= 0.3 is 0 Å². The summed E-state index contributed by atoms with van der Waals surface area (Å²) >= 11 is 6.38. The summed E-state index contributed by atoms with van der Waals surface area (Å²) in [5.41, 5.74) is 2.06. The number of benzene rings is 1. The molecule has 0 amide bonds. The summed E-state index contributed by atoms with van der Waals surface area (Å²) in [5.74, 6) is 2.52. The molecular formula is C25H36ClFO. The Balaban J connectivity index is 1.59. The van der Waals surface area contributed by atoms with Crippen LogP contribution in [0.1, 0.15) is 90.0 Å². The average Bonchev–Trinajstić information content (AvgIpc) is 2.72. The van der Waals surface area contributed by atoms with Crippen LogP contribution in [-0.2, 0) is 0 Å². The van der Waals surface area contributed by atoms with Crippen LogP contribution in [0.25, 0.3) is 5.57 Å². The van der Waals surface area contributed by atoms with E-state index in [1.807, 2.05) is 6.07 Å². The molecule has 0 bridgehead atoms. The Kier molecular flexibility index (Phi) is 8.26. The van der Waals surface area contributed by atoms with E-state index in [-0.39, 0.29) is 10.8 Å². The van der Waals surface area contributed by atoms with Crippen LogP contribution in [0.2, 0.25) is 5.02 Å². The largest absolute Gasteiger partial charge is 0.490 e. The zero-order valence-corrected chi connectivity index (χ0v) is 18.4. The number of hydrogen-bond acceptors (Lipinski definition) is 1. The topological polar surface area (TPSA) is 9.23 Å². The first-order valence-electron chi connectivity index (χ1n) is 11.4. The van der Waals surface area contributed by atoms with Gasteiger partial charge in [-0.3, -0.25) is 0 Å². The van der Waals surface area contributed by atoms with Crippen LogP contribution in [0, 0.1) is 23.6 Å². The Labute approximate surface area is 175 Å². The molecule has 1 atom stereocenters. The fraction of sp³-hybridized carbons (Fsp3) is 0.680. The van der Waals surface area contributed by atoms with Gasteiger partial charge in [0.25, 0.3) is 0 Å². The Bertz CT molecular complexity index is 661. The zero-order valence-electron chi connectivity index (χ0n) is 17.6. The number of halogens is 2. The third-order valence-electron chi connectivity index (χ3n) is 6.85. The lowest BCUT2D eigenvalue weighted by atomic mass is 9.70. The van der Waals surface area contributed by atoms with Crippen molar-refractivity contribution in [2.75, 3.05) is 6.61 Å². The monoisotopic (exact) mass is 406 g/mol. The maximum absolute atomic E-state index is 14.6. The quantitative estimate of drug-likeness (QED) is 0.393. The molecule has 1 fully saturated rings. The second-order valence-corrected chi connectivity index (χ2v) is 9.15. The third-order valence-corrected chi connectivity index (χ3v) is 7.22. The highest BCUT2D eigenvalue weighted by atomic mass is 35.5. The average molecular weight is 407 g/mol. The number of hydrogen-bond donors (Lipinski definition) is 0. The Hall–Kier alpha value is -1.02.